The Morgan fingerprint density at radius 2 is 2.16 bits per heavy atom. The molecule has 19 heavy (non-hydrogen) atoms. The Hall–Kier alpha value is -2.02. The van der Waals surface area contributed by atoms with Gasteiger partial charge in [-0.2, -0.15) is 5.10 Å². The molecule has 0 amide bonds. The lowest BCUT2D eigenvalue weighted by atomic mass is 10.1. The van der Waals surface area contributed by atoms with Gasteiger partial charge in [0.15, 0.2) is 17.2 Å². The lowest BCUT2D eigenvalue weighted by Gasteiger charge is -2.00. The quantitative estimate of drug-likeness (QED) is 0.917. The molecule has 0 bridgehead atoms. The number of nitrogens with zero attached hydrogens (tertiary/aromatic N) is 2. The van der Waals surface area contributed by atoms with Crippen molar-refractivity contribution < 1.29 is 19.4 Å². The van der Waals surface area contributed by atoms with E-state index < -0.39 is 5.97 Å². The van der Waals surface area contributed by atoms with Crippen LogP contribution in [0.5, 0.6) is 11.5 Å². The van der Waals surface area contributed by atoms with Crippen LogP contribution in [0, 0.1) is 0 Å². The largest absolute Gasteiger partial charge is 0.476 e. The van der Waals surface area contributed by atoms with Gasteiger partial charge in [-0.3, -0.25) is 4.68 Å². The van der Waals surface area contributed by atoms with Crippen LogP contribution in [-0.2, 0) is 7.05 Å². The van der Waals surface area contributed by atoms with Crippen molar-refractivity contribution in [3.8, 4) is 22.8 Å². The number of hydrogen-bond donors (Lipinski definition) is 1. The number of ether oxygens (including phenoxy) is 2. The van der Waals surface area contributed by atoms with E-state index >= 15 is 0 Å². The summed E-state index contributed by atoms with van der Waals surface area (Å²) >= 11 is 3.28. The van der Waals surface area contributed by atoms with Gasteiger partial charge in [-0.1, -0.05) is 0 Å². The molecule has 3 rings (SSSR count). The topological polar surface area (TPSA) is 73.6 Å². The van der Waals surface area contributed by atoms with Crippen LogP contribution in [0.2, 0.25) is 0 Å². The van der Waals surface area contributed by atoms with Gasteiger partial charge in [-0.15, -0.1) is 0 Å². The SMILES string of the molecule is Cn1nc(-c2ccc3c(c2)OCO3)c(Br)c1C(=O)O. The number of aryl methyl sites for hydroxylation is 1. The summed E-state index contributed by atoms with van der Waals surface area (Å²) < 4.78 is 12.3. The molecular formula is C12H9BrN2O4. The van der Waals surface area contributed by atoms with Gasteiger partial charge in [0.2, 0.25) is 6.79 Å². The molecule has 6 nitrogen and oxygen atoms in total. The first-order valence-corrected chi connectivity index (χ1v) is 6.23. The van der Waals surface area contributed by atoms with Crippen LogP contribution in [0.4, 0.5) is 0 Å². The summed E-state index contributed by atoms with van der Waals surface area (Å²) in [4.78, 5) is 11.1. The zero-order valence-corrected chi connectivity index (χ0v) is 11.5. The van der Waals surface area contributed by atoms with Crippen molar-refractivity contribution in [1.82, 2.24) is 9.78 Å². The molecule has 1 aliphatic heterocycles. The lowest BCUT2D eigenvalue weighted by Crippen LogP contribution is -2.05. The maximum absolute atomic E-state index is 11.1. The van der Waals surface area contributed by atoms with E-state index in [9.17, 15) is 4.79 Å². The highest BCUT2D eigenvalue weighted by Gasteiger charge is 2.22. The van der Waals surface area contributed by atoms with Crippen molar-refractivity contribution in [3.05, 3.63) is 28.4 Å². The van der Waals surface area contributed by atoms with Crippen molar-refractivity contribution in [2.45, 2.75) is 0 Å². The van der Waals surface area contributed by atoms with Crippen molar-refractivity contribution in [1.29, 1.82) is 0 Å². The van der Waals surface area contributed by atoms with E-state index in [0.29, 0.717) is 21.7 Å². The summed E-state index contributed by atoms with van der Waals surface area (Å²) in [6.07, 6.45) is 0. The first-order chi connectivity index (χ1) is 9.08. The second-order valence-electron chi connectivity index (χ2n) is 4.01. The molecule has 1 aliphatic rings. The number of carboxylic acids is 1. The van der Waals surface area contributed by atoms with E-state index in [-0.39, 0.29) is 12.5 Å². The van der Waals surface area contributed by atoms with Crippen molar-refractivity contribution in [2.75, 3.05) is 6.79 Å². The fourth-order valence-electron chi connectivity index (χ4n) is 1.96. The maximum Gasteiger partial charge on any atom is 0.355 e. The minimum atomic E-state index is -1.03. The molecule has 0 radical (unpaired) electrons. The third-order valence-corrected chi connectivity index (χ3v) is 3.59. The van der Waals surface area contributed by atoms with Crippen LogP contribution >= 0.6 is 15.9 Å². The molecule has 0 fully saturated rings. The van der Waals surface area contributed by atoms with Crippen molar-refractivity contribution in [2.24, 2.45) is 7.05 Å². The summed E-state index contributed by atoms with van der Waals surface area (Å²) in [7, 11) is 1.59. The number of carbonyl (C=O) groups is 1. The molecule has 0 aliphatic carbocycles. The van der Waals surface area contributed by atoms with Crippen LogP contribution in [0.15, 0.2) is 22.7 Å². The Morgan fingerprint density at radius 1 is 1.42 bits per heavy atom. The van der Waals surface area contributed by atoms with Crippen molar-refractivity contribution >= 4 is 21.9 Å². The molecule has 2 heterocycles. The Bertz CT molecular complexity index is 681. The fraction of sp³-hybridized carbons (Fsp3) is 0.167. The number of benzene rings is 1. The Morgan fingerprint density at radius 3 is 2.84 bits per heavy atom. The number of fused-ring (bicyclic) bond motifs is 1. The monoisotopic (exact) mass is 324 g/mol. The maximum atomic E-state index is 11.1. The van der Waals surface area contributed by atoms with Crippen LogP contribution in [0.3, 0.4) is 0 Å². The molecule has 1 aromatic carbocycles. The molecule has 0 spiro atoms. The Balaban J connectivity index is 2.12. The predicted molar refractivity (Wildman–Crippen MR) is 69.4 cm³/mol. The third-order valence-electron chi connectivity index (χ3n) is 2.84. The number of hydrogen-bond acceptors (Lipinski definition) is 4. The van der Waals surface area contributed by atoms with E-state index in [0.717, 1.165) is 5.56 Å². The number of halogens is 1. The van der Waals surface area contributed by atoms with E-state index in [1.165, 1.54) is 4.68 Å². The van der Waals surface area contributed by atoms with E-state index in [2.05, 4.69) is 21.0 Å². The molecule has 1 N–H and O–H groups in total. The van der Waals surface area contributed by atoms with Crippen LogP contribution < -0.4 is 9.47 Å². The highest BCUT2D eigenvalue weighted by atomic mass is 79.9. The molecule has 0 unspecified atom stereocenters. The third kappa shape index (κ3) is 1.86. The molecule has 0 saturated heterocycles. The van der Waals surface area contributed by atoms with Gasteiger partial charge in [-0.25, -0.2) is 4.79 Å². The van der Waals surface area contributed by atoms with Gasteiger partial charge in [0.1, 0.15) is 5.69 Å². The molecular weight excluding hydrogens is 316 g/mol. The first-order valence-electron chi connectivity index (χ1n) is 5.43. The molecule has 7 heteroatoms. The summed E-state index contributed by atoms with van der Waals surface area (Å²) in [5.41, 5.74) is 1.42. The van der Waals surface area contributed by atoms with Gasteiger partial charge < -0.3 is 14.6 Å². The van der Waals surface area contributed by atoms with Crippen molar-refractivity contribution in [3.63, 3.8) is 0 Å². The minimum absolute atomic E-state index is 0.104. The number of carboxylic acid groups (broad SMARTS) is 1. The second kappa shape index (κ2) is 4.27. The zero-order chi connectivity index (χ0) is 13.6. The zero-order valence-electron chi connectivity index (χ0n) is 9.88. The normalized spacial score (nSPS) is 12.7. The highest BCUT2D eigenvalue weighted by Crippen LogP contribution is 2.38. The fourth-order valence-corrected chi connectivity index (χ4v) is 2.69. The first kappa shape index (κ1) is 12.0. The second-order valence-corrected chi connectivity index (χ2v) is 4.80. The van der Waals surface area contributed by atoms with Crippen LogP contribution in [0.1, 0.15) is 10.5 Å². The number of rotatable bonds is 2. The molecule has 0 saturated carbocycles. The van der Waals surface area contributed by atoms with E-state index in [1.54, 1.807) is 19.2 Å². The van der Waals surface area contributed by atoms with E-state index in [4.69, 9.17) is 14.6 Å². The van der Waals surface area contributed by atoms with Gasteiger partial charge in [-0.05, 0) is 34.1 Å². The summed E-state index contributed by atoms with van der Waals surface area (Å²) in [6, 6.07) is 5.37. The Kier molecular flexibility index (Phi) is 2.70. The van der Waals surface area contributed by atoms with Gasteiger partial charge in [0.05, 0.1) is 4.47 Å². The molecule has 98 valence electrons. The standard InChI is InChI=1S/C12H9BrN2O4/c1-15-11(12(16)17)9(13)10(14-15)6-2-3-7-8(4-6)19-5-18-7/h2-4H,5H2,1H3,(H,16,17). The highest BCUT2D eigenvalue weighted by molar-refractivity contribution is 9.10. The van der Waals surface area contributed by atoms with E-state index in [1.807, 2.05) is 6.07 Å². The molecule has 0 atom stereocenters. The smallest absolute Gasteiger partial charge is 0.355 e. The summed E-state index contributed by atoms with van der Waals surface area (Å²) in [5.74, 6) is 0.273. The predicted octanol–water partition coefficient (Wildman–Crippen LogP) is 2.28. The number of aromatic nitrogens is 2. The molecule has 2 aromatic rings. The summed E-state index contributed by atoms with van der Waals surface area (Å²) in [6.45, 7) is 0.197. The van der Waals surface area contributed by atoms with Crippen LogP contribution in [-0.4, -0.2) is 27.6 Å². The Labute approximate surface area is 116 Å². The number of aromatic carboxylic acids is 1. The molecule has 1 aromatic heterocycles. The summed E-state index contributed by atoms with van der Waals surface area (Å²) in [5, 5.41) is 13.3. The lowest BCUT2D eigenvalue weighted by molar-refractivity contribution is 0.0684. The van der Waals surface area contributed by atoms with Gasteiger partial charge in [0, 0.05) is 12.6 Å². The van der Waals surface area contributed by atoms with Gasteiger partial charge >= 0.3 is 5.97 Å². The van der Waals surface area contributed by atoms with Gasteiger partial charge in [0.25, 0.3) is 0 Å². The average molecular weight is 325 g/mol. The van der Waals surface area contributed by atoms with Crippen LogP contribution in [0.25, 0.3) is 11.3 Å². The minimum Gasteiger partial charge on any atom is -0.476 e. The average Bonchev–Trinajstić information content (AvgIpc) is 2.92.